The fraction of sp³-hybridized carbons (Fsp3) is 0.435. The van der Waals surface area contributed by atoms with Crippen LogP contribution in [0.3, 0.4) is 0 Å². The molecule has 0 saturated carbocycles. The summed E-state index contributed by atoms with van der Waals surface area (Å²) in [6, 6.07) is 15.9. The van der Waals surface area contributed by atoms with Gasteiger partial charge in [0.25, 0.3) is 0 Å². The summed E-state index contributed by atoms with van der Waals surface area (Å²) in [7, 11) is 0. The Balaban J connectivity index is 1.70. The topological polar surface area (TPSA) is 50.4 Å². The number of hydrogen-bond donors (Lipinski definition) is 2. The number of ether oxygens (including phenoxy) is 1. The van der Waals surface area contributed by atoms with Crippen molar-refractivity contribution in [3.05, 3.63) is 59.7 Å². The maximum absolute atomic E-state index is 12.1. The van der Waals surface area contributed by atoms with Crippen LogP contribution in [0, 0.1) is 0 Å². The van der Waals surface area contributed by atoms with Crippen molar-refractivity contribution in [1.29, 1.82) is 0 Å². The molecule has 4 heteroatoms. The van der Waals surface area contributed by atoms with E-state index in [2.05, 4.69) is 57.4 Å². The molecule has 0 bridgehead atoms. The van der Waals surface area contributed by atoms with E-state index in [-0.39, 0.29) is 11.4 Å². The molecule has 0 aliphatic carbocycles. The summed E-state index contributed by atoms with van der Waals surface area (Å²) >= 11 is 0. The largest absolute Gasteiger partial charge is 0.494 e. The Morgan fingerprint density at radius 2 is 1.70 bits per heavy atom. The van der Waals surface area contributed by atoms with Crippen LogP contribution in [0.2, 0.25) is 0 Å². The number of benzene rings is 2. The second-order valence-corrected chi connectivity index (χ2v) is 8.10. The third-order valence-electron chi connectivity index (χ3n) is 4.43. The molecule has 0 atom stereocenters. The molecule has 2 aromatic rings. The maximum atomic E-state index is 12.1. The van der Waals surface area contributed by atoms with Gasteiger partial charge in [-0.2, -0.15) is 0 Å². The number of carbonyl (C=O) groups excluding carboxylic acids is 1. The highest BCUT2D eigenvalue weighted by atomic mass is 16.5. The molecule has 0 spiro atoms. The number of hydrogen-bond acceptors (Lipinski definition) is 2. The number of para-hydroxylation sites is 1. The molecule has 0 fully saturated rings. The van der Waals surface area contributed by atoms with Gasteiger partial charge in [-0.1, -0.05) is 65.0 Å². The first-order chi connectivity index (χ1) is 12.8. The molecule has 0 radical (unpaired) electrons. The van der Waals surface area contributed by atoms with Gasteiger partial charge in [0.2, 0.25) is 0 Å². The first-order valence-corrected chi connectivity index (χ1v) is 9.64. The first kappa shape index (κ1) is 20.8. The predicted molar refractivity (Wildman–Crippen MR) is 113 cm³/mol. The standard InChI is InChI=1S/C23H32N2O2/c1-17(2)20-9-6-7-10-21(20)25-22(26)24-15-8-16-27-19-13-11-18(12-14-19)23(3,4)5/h6-7,9-14,17H,8,15-16H2,1-5H3,(H2,24,25,26). The molecule has 2 rings (SSSR count). The highest BCUT2D eigenvalue weighted by molar-refractivity contribution is 5.90. The molecule has 0 aliphatic heterocycles. The molecule has 2 aromatic carbocycles. The van der Waals surface area contributed by atoms with Crippen LogP contribution in [0.4, 0.5) is 10.5 Å². The second kappa shape index (κ2) is 9.45. The van der Waals surface area contributed by atoms with Crippen molar-refractivity contribution in [2.75, 3.05) is 18.5 Å². The van der Waals surface area contributed by atoms with Gasteiger partial charge in [-0.15, -0.1) is 0 Å². The normalized spacial score (nSPS) is 11.3. The monoisotopic (exact) mass is 368 g/mol. The zero-order chi connectivity index (χ0) is 19.9. The third-order valence-corrected chi connectivity index (χ3v) is 4.43. The molecule has 4 nitrogen and oxygen atoms in total. The SMILES string of the molecule is CC(C)c1ccccc1NC(=O)NCCCOc1ccc(C(C)(C)C)cc1. The van der Waals surface area contributed by atoms with Crippen molar-refractivity contribution < 1.29 is 9.53 Å². The average molecular weight is 369 g/mol. The molecule has 2 N–H and O–H groups in total. The van der Waals surface area contributed by atoms with E-state index in [0.29, 0.717) is 19.1 Å². The van der Waals surface area contributed by atoms with Gasteiger partial charge in [0.05, 0.1) is 6.61 Å². The van der Waals surface area contributed by atoms with E-state index in [0.717, 1.165) is 23.4 Å². The van der Waals surface area contributed by atoms with Crippen molar-refractivity contribution in [2.45, 2.75) is 52.4 Å². The molecule has 0 saturated heterocycles. The lowest BCUT2D eigenvalue weighted by molar-refractivity contribution is 0.250. The summed E-state index contributed by atoms with van der Waals surface area (Å²) in [4.78, 5) is 12.1. The van der Waals surface area contributed by atoms with E-state index in [1.54, 1.807) is 0 Å². The summed E-state index contributed by atoms with van der Waals surface area (Å²) in [6.45, 7) is 11.9. The lowest BCUT2D eigenvalue weighted by atomic mass is 9.87. The summed E-state index contributed by atoms with van der Waals surface area (Å²) in [6.07, 6.45) is 0.750. The fourth-order valence-corrected chi connectivity index (χ4v) is 2.80. The van der Waals surface area contributed by atoms with Crippen LogP contribution in [-0.4, -0.2) is 19.2 Å². The van der Waals surface area contributed by atoms with Gasteiger partial charge in [0.1, 0.15) is 5.75 Å². The Morgan fingerprint density at radius 3 is 2.33 bits per heavy atom. The van der Waals surface area contributed by atoms with E-state index in [1.807, 2.05) is 36.4 Å². The van der Waals surface area contributed by atoms with E-state index < -0.39 is 0 Å². The summed E-state index contributed by atoms with van der Waals surface area (Å²) < 4.78 is 5.75. The van der Waals surface area contributed by atoms with Gasteiger partial charge < -0.3 is 15.4 Å². The van der Waals surface area contributed by atoms with Crippen LogP contribution in [0.5, 0.6) is 5.75 Å². The van der Waals surface area contributed by atoms with Gasteiger partial charge in [0.15, 0.2) is 0 Å². The molecule has 146 valence electrons. The summed E-state index contributed by atoms with van der Waals surface area (Å²) in [5, 5.41) is 5.81. The van der Waals surface area contributed by atoms with Crippen molar-refractivity contribution in [1.82, 2.24) is 5.32 Å². The first-order valence-electron chi connectivity index (χ1n) is 9.64. The number of urea groups is 1. The quantitative estimate of drug-likeness (QED) is 0.616. The van der Waals surface area contributed by atoms with Crippen LogP contribution < -0.4 is 15.4 Å². The Kier molecular flexibility index (Phi) is 7.28. The highest BCUT2D eigenvalue weighted by Gasteiger charge is 2.13. The molecule has 0 heterocycles. The van der Waals surface area contributed by atoms with Gasteiger partial charge >= 0.3 is 6.03 Å². The average Bonchev–Trinajstić information content (AvgIpc) is 2.61. The molecular formula is C23H32N2O2. The number of amides is 2. The molecule has 0 unspecified atom stereocenters. The Bertz CT molecular complexity index is 731. The fourth-order valence-electron chi connectivity index (χ4n) is 2.80. The highest BCUT2D eigenvalue weighted by Crippen LogP contribution is 2.24. The van der Waals surface area contributed by atoms with Crippen LogP contribution >= 0.6 is 0 Å². The molecule has 27 heavy (non-hydrogen) atoms. The Morgan fingerprint density at radius 1 is 1.04 bits per heavy atom. The van der Waals surface area contributed by atoms with Crippen molar-refractivity contribution in [3.8, 4) is 5.75 Å². The zero-order valence-corrected chi connectivity index (χ0v) is 17.1. The molecule has 0 aliphatic rings. The number of carbonyl (C=O) groups is 1. The van der Waals surface area contributed by atoms with E-state index in [9.17, 15) is 4.79 Å². The van der Waals surface area contributed by atoms with Gasteiger partial charge in [-0.25, -0.2) is 4.79 Å². The number of nitrogens with one attached hydrogen (secondary N) is 2. The molecule has 2 amide bonds. The van der Waals surface area contributed by atoms with Gasteiger partial charge in [-0.05, 0) is 47.1 Å². The minimum Gasteiger partial charge on any atom is -0.494 e. The van der Waals surface area contributed by atoms with Crippen LogP contribution in [0.1, 0.15) is 58.1 Å². The van der Waals surface area contributed by atoms with Crippen molar-refractivity contribution in [2.24, 2.45) is 0 Å². The van der Waals surface area contributed by atoms with Crippen molar-refractivity contribution in [3.63, 3.8) is 0 Å². The van der Waals surface area contributed by atoms with Crippen LogP contribution in [0.15, 0.2) is 48.5 Å². The predicted octanol–water partition coefficient (Wildman–Crippen LogP) is 5.70. The summed E-state index contributed by atoms with van der Waals surface area (Å²) in [5.41, 5.74) is 3.43. The third kappa shape index (κ3) is 6.63. The van der Waals surface area contributed by atoms with Crippen LogP contribution in [0.25, 0.3) is 0 Å². The van der Waals surface area contributed by atoms with Crippen molar-refractivity contribution >= 4 is 11.7 Å². The van der Waals surface area contributed by atoms with Gasteiger partial charge in [-0.3, -0.25) is 0 Å². The maximum Gasteiger partial charge on any atom is 0.319 e. The van der Waals surface area contributed by atoms with Gasteiger partial charge in [0, 0.05) is 12.2 Å². The molecule has 0 aromatic heterocycles. The second-order valence-electron chi connectivity index (χ2n) is 8.10. The van der Waals surface area contributed by atoms with E-state index in [1.165, 1.54) is 5.56 Å². The van der Waals surface area contributed by atoms with Crippen LogP contribution in [-0.2, 0) is 5.41 Å². The van der Waals surface area contributed by atoms with E-state index in [4.69, 9.17) is 4.74 Å². The zero-order valence-electron chi connectivity index (χ0n) is 17.1. The lowest BCUT2D eigenvalue weighted by Crippen LogP contribution is -2.30. The molecular weight excluding hydrogens is 336 g/mol. The Hall–Kier alpha value is -2.49. The minimum atomic E-state index is -0.183. The number of anilines is 1. The smallest absolute Gasteiger partial charge is 0.319 e. The lowest BCUT2D eigenvalue weighted by Gasteiger charge is -2.19. The van der Waals surface area contributed by atoms with E-state index >= 15 is 0 Å². The summed E-state index contributed by atoms with van der Waals surface area (Å²) in [5.74, 6) is 1.22. The number of rotatable bonds is 7. The Labute approximate surface area is 163 Å². The minimum absolute atomic E-state index is 0.143.